The molecule has 0 atom stereocenters. The number of nitrogens with one attached hydrogen (secondary N) is 1. The molecular formula is C7H6BrNO3. The van der Waals surface area contributed by atoms with Crippen LogP contribution in [0.4, 0.5) is 0 Å². The summed E-state index contributed by atoms with van der Waals surface area (Å²) in [7, 11) is 1.43. The van der Waals surface area contributed by atoms with Gasteiger partial charge in [-0.3, -0.25) is 14.6 Å². The smallest absolute Gasteiger partial charge is 0.261 e. The number of H-pyrrole nitrogens is 1. The van der Waals surface area contributed by atoms with E-state index in [-0.39, 0.29) is 5.56 Å². The molecule has 0 amide bonds. The Kier molecular flexibility index (Phi) is 2.65. The summed E-state index contributed by atoms with van der Waals surface area (Å²) in [5.74, 6) is 0.311. The van der Waals surface area contributed by atoms with E-state index >= 15 is 0 Å². The van der Waals surface area contributed by atoms with Crippen molar-refractivity contribution in [1.82, 2.24) is 4.98 Å². The number of carbonyl (C=O) groups is 1. The fourth-order valence-corrected chi connectivity index (χ4v) is 1.25. The SMILES string of the molecule is COc1[nH]c(=O)c(C=O)cc1Br. The Morgan fingerprint density at radius 1 is 1.67 bits per heavy atom. The second kappa shape index (κ2) is 3.53. The normalized spacial score (nSPS) is 9.50. The number of ether oxygens (including phenoxy) is 1. The highest BCUT2D eigenvalue weighted by molar-refractivity contribution is 9.10. The molecule has 12 heavy (non-hydrogen) atoms. The second-order valence-electron chi connectivity index (χ2n) is 2.05. The van der Waals surface area contributed by atoms with E-state index in [9.17, 15) is 9.59 Å². The van der Waals surface area contributed by atoms with Crippen molar-refractivity contribution in [3.05, 3.63) is 26.5 Å². The van der Waals surface area contributed by atoms with Crippen molar-refractivity contribution >= 4 is 22.2 Å². The van der Waals surface area contributed by atoms with Gasteiger partial charge in [-0.25, -0.2) is 0 Å². The fraction of sp³-hybridized carbons (Fsp3) is 0.143. The topological polar surface area (TPSA) is 59.2 Å². The van der Waals surface area contributed by atoms with E-state index in [1.807, 2.05) is 0 Å². The number of halogens is 1. The van der Waals surface area contributed by atoms with Gasteiger partial charge < -0.3 is 4.74 Å². The molecule has 0 aliphatic heterocycles. The summed E-state index contributed by atoms with van der Waals surface area (Å²) in [6, 6.07) is 1.41. The number of aromatic nitrogens is 1. The molecule has 4 nitrogen and oxygen atoms in total. The average Bonchev–Trinajstić information content (AvgIpc) is 2.08. The van der Waals surface area contributed by atoms with Gasteiger partial charge in [-0.1, -0.05) is 0 Å². The molecule has 0 aliphatic carbocycles. The first kappa shape index (κ1) is 8.99. The highest BCUT2D eigenvalue weighted by atomic mass is 79.9. The fourth-order valence-electron chi connectivity index (χ4n) is 0.739. The van der Waals surface area contributed by atoms with Crippen molar-refractivity contribution in [2.45, 2.75) is 0 Å². The van der Waals surface area contributed by atoms with Crippen molar-refractivity contribution in [2.75, 3.05) is 7.11 Å². The monoisotopic (exact) mass is 231 g/mol. The zero-order valence-electron chi connectivity index (χ0n) is 6.26. The van der Waals surface area contributed by atoms with Crippen LogP contribution in [-0.4, -0.2) is 18.4 Å². The van der Waals surface area contributed by atoms with Crippen molar-refractivity contribution < 1.29 is 9.53 Å². The van der Waals surface area contributed by atoms with Gasteiger partial charge in [0.05, 0.1) is 17.1 Å². The molecule has 0 aromatic carbocycles. The van der Waals surface area contributed by atoms with Crippen LogP contribution >= 0.6 is 15.9 Å². The molecule has 0 aliphatic rings. The molecule has 0 fully saturated rings. The number of pyridine rings is 1. The molecule has 1 N–H and O–H groups in total. The first-order chi connectivity index (χ1) is 5.69. The second-order valence-corrected chi connectivity index (χ2v) is 2.91. The van der Waals surface area contributed by atoms with Gasteiger partial charge in [0.15, 0.2) is 6.29 Å². The van der Waals surface area contributed by atoms with Crippen LogP contribution < -0.4 is 10.3 Å². The Hall–Kier alpha value is -1.10. The van der Waals surface area contributed by atoms with Gasteiger partial charge in [0.2, 0.25) is 5.88 Å². The van der Waals surface area contributed by atoms with Crippen LogP contribution in [0.15, 0.2) is 15.3 Å². The molecule has 0 saturated heterocycles. The number of hydrogen-bond donors (Lipinski definition) is 1. The average molecular weight is 232 g/mol. The van der Waals surface area contributed by atoms with Gasteiger partial charge in [-0.2, -0.15) is 0 Å². The van der Waals surface area contributed by atoms with E-state index < -0.39 is 5.56 Å². The zero-order chi connectivity index (χ0) is 9.14. The molecule has 0 saturated carbocycles. The van der Waals surface area contributed by atoms with E-state index in [2.05, 4.69) is 20.9 Å². The Bertz CT molecular complexity index is 358. The number of carbonyl (C=O) groups excluding carboxylic acids is 1. The molecule has 0 unspecified atom stereocenters. The molecule has 1 rings (SSSR count). The Morgan fingerprint density at radius 3 is 2.83 bits per heavy atom. The van der Waals surface area contributed by atoms with Crippen LogP contribution in [0.1, 0.15) is 10.4 Å². The third kappa shape index (κ3) is 1.55. The summed E-state index contributed by atoms with van der Waals surface area (Å²) in [4.78, 5) is 23.7. The molecule has 5 heteroatoms. The number of rotatable bonds is 2. The molecule has 0 radical (unpaired) electrons. The lowest BCUT2D eigenvalue weighted by Crippen LogP contribution is -2.12. The van der Waals surface area contributed by atoms with Gasteiger partial charge in [0.1, 0.15) is 0 Å². The minimum atomic E-state index is -0.454. The van der Waals surface area contributed by atoms with Gasteiger partial charge in [0, 0.05) is 0 Å². The molecule has 64 valence electrons. The predicted molar refractivity (Wildman–Crippen MR) is 46.7 cm³/mol. The maximum atomic E-state index is 11.0. The minimum Gasteiger partial charge on any atom is -0.481 e. The Balaban J connectivity index is 3.36. The number of hydrogen-bond acceptors (Lipinski definition) is 3. The molecule has 0 spiro atoms. The zero-order valence-corrected chi connectivity index (χ0v) is 7.84. The summed E-state index contributed by atoms with van der Waals surface area (Å²) >= 11 is 3.13. The molecule has 1 aromatic rings. The Labute approximate surface area is 76.7 Å². The first-order valence-corrected chi connectivity index (χ1v) is 3.90. The number of aldehydes is 1. The first-order valence-electron chi connectivity index (χ1n) is 3.11. The van der Waals surface area contributed by atoms with E-state index in [1.165, 1.54) is 13.2 Å². The van der Waals surface area contributed by atoms with Crippen molar-refractivity contribution in [3.63, 3.8) is 0 Å². The molecule has 1 heterocycles. The maximum absolute atomic E-state index is 11.0. The summed E-state index contributed by atoms with van der Waals surface area (Å²) in [5.41, 5.74) is -0.382. The summed E-state index contributed by atoms with van der Waals surface area (Å²) < 4.78 is 5.35. The van der Waals surface area contributed by atoms with Crippen molar-refractivity contribution in [2.24, 2.45) is 0 Å². The highest BCUT2D eigenvalue weighted by Crippen LogP contribution is 2.19. The highest BCUT2D eigenvalue weighted by Gasteiger charge is 2.04. The van der Waals surface area contributed by atoms with Crippen LogP contribution in [0.25, 0.3) is 0 Å². The van der Waals surface area contributed by atoms with Crippen LogP contribution in [0.3, 0.4) is 0 Å². The van der Waals surface area contributed by atoms with E-state index in [1.54, 1.807) is 0 Å². The predicted octanol–water partition coefficient (Wildman–Crippen LogP) is 0.959. The molecule has 0 bridgehead atoms. The minimum absolute atomic E-state index is 0.0719. The van der Waals surface area contributed by atoms with Gasteiger partial charge in [-0.05, 0) is 22.0 Å². The third-order valence-electron chi connectivity index (χ3n) is 1.32. The number of methoxy groups -OCH3 is 1. The van der Waals surface area contributed by atoms with E-state index in [0.717, 1.165) is 0 Å². The standard InChI is InChI=1S/C7H6BrNO3/c1-12-7-5(8)2-4(3-10)6(11)9-7/h2-3H,1H3,(H,9,11). The van der Waals surface area contributed by atoms with Gasteiger partial charge in [0.25, 0.3) is 5.56 Å². The summed E-state index contributed by atoms with van der Waals surface area (Å²) in [6.45, 7) is 0. The molecular weight excluding hydrogens is 226 g/mol. The van der Waals surface area contributed by atoms with Gasteiger partial charge in [-0.15, -0.1) is 0 Å². The van der Waals surface area contributed by atoms with Crippen molar-refractivity contribution in [1.29, 1.82) is 0 Å². The van der Waals surface area contributed by atoms with Crippen LogP contribution in [-0.2, 0) is 0 Å². The molecule has 1 aromatic heterocycles. The van der Waals surface area contributed by atoms with Crippen LogP contribution in [0.5, 0.6) is 5.88 Å². The Morgan fingerprint density at radius 2 is 2.33 bits per heavy atom. The van der Waals surface area contributed by atoms with E-state index in [4.69, 9.17) is 4.74 Å². The van der Waals surface area contributed by atoms with E-state index in [0.29, 0.717) is 16.6 Å². The summed E-state index contributed by atoms with van der Waals surface area (Å²) in [6.07, 6.45) is 0.489. The lowest BCUT2D eigenvalue weighted by atomic mass is 10.3. The number of aromatic amines is 1. The van der Waals surface area contributed by atoms with Crippen LogP contribution in [0.2, 0.25) is 0 Å². The summed E-state index contributed by atoms with van der Waals surface area (Å²) in [5, 5.41) is 0. The lowest BCUT2D eigenvalue weighted by molar-refractivity contribution is 0.112. The third-order valence-corrected chi connectivity index (χ3v) is 1.91. The lowest BCUT2D eigenvalue weighted by Gasteiger charge is -2.01. The van der Waals surface area contributed by atoms with Crippen LogP contribution in [0, 0.1) is 0 Å². The van der Waals surface area contributed by atoms with Crippen molar-refractivity contribution in [3.8, 4) is 5.88 Å². The maximum Gasteiger partial charge on any atom is 0.261 e. The largest absolute Gasteiger partial charge is 0.481 e. The quantitative estimate of drug-likeness (QED) is 0.772. The van der Waals surface area contributed by atoms with Gasteiger partial charge >= 0.3 is 0 Å².